The largest absolute Gasteiger partial charge is 0.306 e. The Morgan fingerprint density at radius 1 is 1.33 bits per heavy atom. The van der Waals surface area contributed by atoms with E-state index < -0.39 is 4.92 Å². The summed E-state index contributed by atoms with van der Waals surface area (Å²) in [6, 6.07) is 11.1. The lowest BCUT2D eigenvalue weighted by Crippen LogP contribution is -2.19. The summed E-state index contributed by atoms with van der Waals surface area (Å²) in [5.74, 6) is -0.289. The number of benzene rings is 2. The van der Waals surface area contributed by atoms with Crippen molar-refractivity contribution in [2.45, 2.75) is 19.5 Å². The number of non-ortho nitro benzene ring substituents is 1. The summed E-state index contributed by atoms with van der Waals surface area (Å²) >= 11 is 3.22. The third-order valence-corrected chi connectivity index (χ3v) is 3.66. The Balaban J connectivity index is 2.05. The van der Waals surface area contributed by atoms with Crippen LogP contribution >= 0.6 is 15.9 Å². The van der Waals surface area contributed by atoms with Gasteiger partial charge < -0.3 is 5.32 Å². The molecule has 0 aliphatic carbocycles. The normalized spacial score (nSPS) is 12.1. The minimum Gasteiger partial charge on any atom is -0.306 e. The first-order valence-corrected chi connectivity index (χ1v) is 7.18. The highest BCUT2D eigenvalue weighted by molar-refractivity contribution is 9.10. The minimum atomic E-state index is -0.429. The van der Waals surface area contributed by atoms with Gasteiger partial charge in [0.2, 0.25) is 0 Å². The summed E-state index contributed by atoms with van der Waals surface area (Å²) in [4.78, 5) is 10.3. The van der Waals surface area contributed by atoms with E-state index in [1.807, 2.05) is 6.92 Å². The van der Waals surface area contributed by atoms with E-state index in [1.165, 1.54) is 18.2 Å². The van der Waals surface area contributed by atoms with Crippen LogP contribution in [0, 0.1) is 15.9 Å². The van der Waals surface area contributed by atoms with Crippen LogP contribution in [0.15, 0.2) is 46.9 Å². The predicted octanol–water partition coefficient (Wildman–Crippen LogP) is 4.35. The summed E-state index contributed by atoms with van der Waals surface area (Å²) < 4.78 is 14.5. The van der Waals surface area contributed by atoms with Gasteiger partial charge in [-0.05, 0) is 24.6 Å². The number of nitro benzene ring substituents is 1. The molecular weight excluding hydrogens is 339 g/mol. The van der Waals surface area contributed by atoms with Crippen LogP contribution in [0.5, 0.6) is 0 Å². The highest BCUT2D eigenvalue weighted by Crippen LogP contribution is 2.21. The van der Waals surface area contributed by atoms with Crippen molar-refractivity contribution in [1.82, 2.24) is 5.32 Å². The molecule has 6 heteroatoms. The standard InChI is InChI=1S/C15H14BrFN2O2/c1-10(14-6-5-12(16)8-15(14)17)18-9-11-3-2-4-13(7-11)19(20)21/h2-8,10,18H,9H2,1H3. The third kappa shape index (κ3) is 4.09. The van der Waals surface area contributed by atoms with Crippen LogP contribution in [-0.2, 0) is 6.54 Å². The summed E-state index contributed by atoms with van der Waals surface area (Å²) in [7, 11) is 0. The molecule has 0 aliphatic heterocycles. The zero-order valence-corrected chi connectivity index (χ0v) is 12.9. The molecule has 0 radical (unpaired) electrons. The molecule has 21 heavy (non-hydrogen) atoms. The lowest BCUT2D eigenvalue weighted by molar-refractivity contribution is -0.384. The molecule has 0 heterocycles. The molecule has 4 nitrogen and oxygen atoms in total. The second-order valence-corrected chi connectivity index (χ2v) is 5.61. The molecule has 0 spiro atoms. The van der Waals surface area contributed by atoms with Gasteiger partial charge in [-0.15, -0.1) is 0 Å². The zero-order chi connectivity index (χ0) is 15.4. The predicted molar refractivity (Wildman–Crippen MR) is 82.5 cm³/mol. The monoisotopic (exact) mass is 352 g/mol. The van der Waals surface area contributed by atoms with Crippen LogP contribution < -0.4 is 5.32 Å². The maximum atomic E-state index is 13.8. The van der Waals surface area contributed by atoms with Crippen LogP contribution in [0.2, 0.25) is 0 Å². The van der Waals surface area contributed by atoms with E-state index in [2.05, 4.69) is 21.2 Å². The van der Waals surface area contributed by atoms with Crippen molar-refractivity contribution in [3.05, 3.63) is 74.0 Å². The maximum absolute atomic E-state index is 13.8. The van der Waals surface area contributed by atoms with E-state index in [4.69, 9.17) is 0 Å². The Morgan fingerprint density at radius 2 is 2.10 bits per heavy atom. The van der Waals surface area contributed by atoms with Crippen molar-refractivity contribution >= 4 is 21.6 Å². The summed E-state index contributed by atoms with van der Waals surface area (Å²) in [6.07, 6.45) is 0. The van der Waals surface area contributed by atoms with Gasteiger partial charge >= 0.3 is 0 Å². The highest BCUT2D eigenvalue weighted by Gasteiger charge is 2.11. The van der Waals surface area contributed by atoms with E-state index in [0.29, 0.717) is 16.6 Å². The molecule has 0 bridgehead atoms. The molecule has 0 amide bonds. The lowest BCUT2D eigenvalue weighted by Gasteiger charge is -2.15. The van der Waals surface area contributed by atoms with Gasteiger partial charge in [0.25, 0.3) is 5.69 Å². The molecule has 0 aliphatic rings. The second kappa shape index (κ2) is 6.78. The Bertz CT molecular complexity index is 664. The fraction of sp³-hybridized carbons (Fsp3) is 0.200. The Labute approximate surface area is 130 Å². The fourth-order valence-electron chi connectivity index (χ4n) is 2.01. The van der Waals surface area contributed by atoms with Gasteiger partial charge in [-0.25, -0.2) is 4.39 Å². The first-order chi connectivity index (χ1) is 9.97. The molecule has 0 aromatic heterocycles. The van der Waals surface area contributed by atoms with Gasteiger partial charge in [0.15, 0.2) is 0 Å². The molecule has 2 aromatic rings. The quantitative estimate of drug-likeness (QED) is 0.642. The molecule has 0 saturated heterocycles. The Kier molecular flexibility index (Phi) is 5.03. The molecule has 1 N–H and O–H groups in total. The van der Waals surface area contributed by atoms with Crippen molar-refractivity contribution in [3.63, 3.8) is 0 Å². The van der Waals surface area contributed by atoms with E-state index >= 15 is 0 Å². The molecule has 110 valence electrons. The summed E-state index contributed by atoms with van der Waals surface area (Å²) in [5, 5.41) is 13.9. The fourth-order valence-corrected chi connectivity index (χ4v) is 2.35. The van der Waals surface area contributed by atoms with Gasteiger partial charge in [0.05, 0.1) is 4.92 Å². The van der Waals surface area contributed by atoms with Crippen molar-refractivity contribution in [2.75, 3.05) is 0 Å². The van der Waals surface area contributed by atoms with Crippen LogP contribution in [0.1, 0.15) is 24.1 Å². The topological polar surface area (TPSA) is 55.2 Å². The number of nitrogens with zero attached hydrogens (tertiary/aromatic N) is 1. The minimum absolute atomic E-state index is 0.0526. The molecule has 2 aromatic carbocycles. The maximum Gasteiger partial charge on any atom is 0.269 e. The Morgan fingerprint density at radius 3 is 2.76 bits per heavy atom. The number of hydrogen-bond donors (Lipinski definition) is 1. The van der Waals surface area contributed by atoms with Crippen molar-refractivity contribution in [3.8, 4) is 0 Å². The first kappa shape index (κ1) is 15.6. The van der Waals surface area contributed by atoms with Crippen molar-refractivity contribution < 1.29 is 9.31 Å². The van der Waals surface area contributed by atoms with Gasteiger partial charge in [-0.3, -0.25) is 10.1 Å². The van der Waals surface area contributed by atoms with Crippen molar-refractivity contribution in [2.24, 2.45) is 0 Å². The van der Waals surface area contributed by atoms with Crippen LogP contribution in [-0.4, -0.2) is 4.92 Å². The second-order valence-electron chi connectivity index (χ2n) is 4.70. The average Bonchev–Trinajstić information content (AvgIpc) is 2.45. The number of nitrogens with one attached hydrogen (secondary N) is 1. The van der Waals surface area contributed by atoms with E-state index in [0.717, 1.165) is 5.56 Å². The number of halogens is 2. The number of hydrogen-bond acceptors (Lipinski definition) is 3. The van der Waals surface area contributed by atoms with Gasteiger partial charge in [0.1, 0.15) is 5.82 Å². The highest BCUT2D eigenvalue weighted by atomic mass is 79.9. The van der Waals surface area contributed by atoms with E-state index in [1.54, 1.807) is 24.3 Å². The molecule has 1 atom stereocenters. The summed E-state index contributed by atoms with van der Waals surface area (Å²) in [5.41, 5.74) is 1.40. The number of rotatable bonds is 5. The lowest BCUT2D eigenvalue weighted by atomic mass is 10.1. The van der Waals surface area contributed by atoms with Crippen LogP contribution in [0.4, 0.5) is 10.1 Å². The smallest absolute Gasteiger partial charge is 0.269 e. The van der Waals surface area contributed by atoms with E-state index in [9.17, 15) is 14.5 Å². The average molecular weight is 353 g/mol. The number of nitro groups is 1. The Hall–Kier alpha value is -1.79. The third-order valence-electron chi connectivity index (χ3n) is 3.16. The van der Waals surface area contributed by atoms with Crippen molar-refractivity contribution in [1.29, 1.82) is 0 Å². The molecule has 1 unspecified atom stereocenters. The van der Waals surface area contributed by atoms with Gasteiger partial charge in [-0.2, -0.15) is 0 Å². The summed E-state index contributed by atoms with van der Waals surface area (Å²) in [6.45, 7) is 2.28. The molecule has 0 fully saturated rings. The first-order valence-electron chi connectivity index (χ1n) is 6.39. The van der Waals surface area contributed by atoms with Crippen LogP contribution in [0.25, 0.3) is 0 Å². The van der Waals surface area contributed by atoms with Gasteiger partial charge in [-0.1, -0.05) is 34.1 Å². The zero-order valence-electron chi connectivity index (χ0n) is 11.3. The molecule has 2 rings (SSSR count). The SMILES string of the molecule is CC(NCc1cccc([N+](=O)[O-])c1)c1ccc(Br)cc1F. The van der Waals surface area contributed by atoms with Gasteiger partial charge in [0, 0.05) is 34.8 Å². The van der Waals surface area contributed by atoms with E-state index in [-0.39, 0.29) is 17.5 Å². The van der Waals surface area contributed by atoms with Crippen LogP contribution in [0.3, 0.4) is 0 Å². The molecular formula is C15H14BrFN2O2. The molecule has 0 saturated carbocycles.